The third-order valence-corrected chi connectivity index (χ3v) is 1.16. The van der Waals surface area contributed by atoms with Crippen LogP contribution >= 0.6 is 0 Å². The molecular weight excluding hydrogens is 146 g/mol. The van der Waals surface area contributed by atoms with E-state index in [4.69, 9.17) is 5.73 Å². The second kappa shape index (κ2) is 5.61. The summed E-state index contributed by atoms with van der Waals surface area (Å²) in [5.41, 5.74) is 5.40. The van der Waals surface area contributed by atoms with Gasteiger partial charge < -0.3 is 10.5 Å². The van der Waals surface area contributed by atoms with E-state index < -0.39 is 5.97 Å². The molecule has 1 unspecified atom stereocenters. The van der Waals surface area contributed by atoms with Crippen molar-refractivity contribution >= 4 is 12.4 Å². The number of nitrogens with two attached hydrogens (primary N) is 1. The summed E-state index contributed by atoms with van der Waals surface area (Å²) in [6.45, 7) is 3.55. The molecule has 0 aliphatic carbocycles. The average molecular weight is 157 g/mol. The summed E-state index contributed by atoms with van der Waals surface area (Å²) in [5, 5.41) is 0. The topological polar surface area (TPSA) is 69.4 Å². The van der Waals surface area contributed by atoms with E-state index in [1.165, 1.54) is 6.08 Å². The highest BCUT2D eigenvalue weighted by atomic mass is 16.6. The fourth-order valence-corrected chi connectivity index (χ4v) is 0.515. The summed E-state index contributed by atoms with van der Waals surface area (Å²) in [5.74, 6) is -0.558. The van der Waals surface area contributed by atoms with Crippen molar-refractivity contribution in [3.8, 4) is 0 Å². The average Bonchev–Trinajstić information content (AvgIpc) is 2.01. The van der Waals surface area contributed by atoms with E-state index in [-0.39, 0.29) is 18.9 Å². The van der Waals surface area contributed by atoms with Crippen LogP contribution in [-0.4, -0.2) is 18.5 Å². The molecule has 0 amide bonds. The van der Waals surface area contributed by atoms with Gasteiger partial charge in [0.2, 0.25) is 0 Å². The lowest BCUT2D eigenvalue weighted by Crippen LogP contribution is -2.18. The maximum atomic E-state index is 10.5. The Labute approximate surface area is 65.0 Å². The van der Waals surface area contributed by atoms with Crippen molar-refractivity contribution in [2.45, 2.75) is 18.9 Å². The van der Waals surface area contributed by atoms with Gasteiger partial charge in [-0.15, -0.1) is 6.58 Å². The first-order valence-electron chi connectivity index (χ1n) is 3.22. The molecule has 0 fully saturated rings. The summed E-state index contributed by atoms with van der Waals surface area (Å²) in [6, 6.07) is -0.214. The van der Waals surface area contributed by atoms with Crippen LogP contribution in [0.5, 0.6) is 0 Å². The highest BCUT2D eigenvalue weighted by Gasteiger charge is 2.04. The SMILES string of the molecule is C=CC(N)CCC(=O)OC=O. The van der Waals surface area contributed by atoms with Gasteiger partial charge in [-0.3, -0.25) is 9.59 Å². The second-order valence-corrected chi connectivity index (χ2v) is 2.02. The minimum absolute atomic E-state index is 0.113. The summed E-state index contributed by atoms with van der Waals surface area (Å²) < 4.78 is 4.03. The fourth-order valence-electron chi connectivity index (χ4n) is 0.515. The highest BCUT2D eigenvalue weighted by molar-refractivity contribution is 5.76. The van der Waals surface area contributed by atoms with Gasteiger partial charge in [0.25, 0.3) is 0 Å². The molecule has 0 bridgehead atoms. The monoisotopic (exact) mass is 157 g/mol. The number of hydrogen-bond acceptors (Lipinski definition) is 4. The predicted octanol–water partition coefficient (Wildman–Crippen LogP) is -0.0205. The Morgan fingerprint density at radius 2 is 2.36 bits per heavy atom. The van der Waals surface area contributed by atoms with Crippen molar-refractivity contribution < 1.29 is 14.3 Å². The molecule has 0 spiro atoms. The molecule has 0 aromatic heterocycles. The summed E-state index contributed by atoms with van der Waals surface area (Å²) in [4.78, 5) is 20.2. The molecule has 4 heteroatoms. The second-order valence-electron chi connectivity index (χ2n) is 2.02. The zero-order chi connectivity index (χ0) is 8.69. The molecule has 2 N–H and O–H groups in total. The third-order valence-electron chi connectivity index (χ3n) is 1.16. The molecule has 0 saturated carbocycles. The van der Waals surface area contributed by atoms with E-state index in [1.54, 1.807) is 0 Å². The summed E-state index contributed by atoms with van der Waals surface area (Å²) >= 11 is 0. The van der Waals surface area contributed by atoms with Crippen molar-refractivity contribution in [3.05, 3.63) is 12.7 Å². The Kier molecular flexibility index (Phi) is 5.02. The molecule has 0 saturated heterocycles. The number of carbonyl (C=O) groups excluding carboxylic acids is 2. The van der Waals surface area contributed by atoms with Crippen LogP contribution in [0.4, 0.5) is 0 Å². The van der Waals surface area contributed by atoms with Gasteiger partial charge in [-0.05, 0) is 6.42 Å². The Balaban J connectivity index is 3.44. The molecule has 1 atom stereocenters. The number of ether oxygens (including phenoxy) is 1. The van der Waals surface area contributed by atoms with Gasteiger partial charge in [-0.2, -0.15) is 0 Å². The number of esters is 1. The van der Waals surface area contributed by atoms with Gasteiger partial charge in [0.05, 0.1) is 0 Å². The van der Waals surface area contributed by atoms with E-state index in [0.29, 0.717) is 6.42 Å². The Hall–Kier alpha value is -1.16. The zero-order valence-electron chi connectivity index (χ0n) is 6.16. The van der Waals surface area contributed by atoms with E-state index in [2.05, 4.69) is 11.3 Å². The third kappa shape index (κ3) is 5.29. The molecular formula is C7H11NO3. The van der Waals surface area contributed by atoms with Gasteiger partial charge in [0, 0.05) is 12.5 Å². The van der Waals surface area contributed by atoms with Crippen LogP contribution in [-0.2, 0) is 14.3 Å². The van der Waals surface area contributed by atoms with E-state index in [9.17, 15) is 9.59 Å². The van der Waals surface area contributed by atoms with Gasteiger partial charge in [-0.1, -0.05) is 6.08 Å². The van der Waals surface area contributed by atoms with Crippen LogP contribution < -0.4 is 5.73 Å². The van der Waals surface area contributed by atoms with Gasteiger partial charge in [0.15, 0.2) is 0 Å². The van der Waals surface area contributed by atoms with Crippen LogP contribution in [0.25, 0.3) is 0 Å². The highest BCUT2D eigenvalue weighted by Crippen LogP contribution is 1.96. The summed E-state index contributed by atoms with van der Waals surface area (Å²) in [7, 11) is 0. The first kappa shape index (κ1) is 9.84. The first-order chi connectivity index (χ1) is 5.20. The standard InChI is InChI=1S/C7H11NO3/c1-2-6(8)3-4-7(10)11-5-9/h2,5-6H,1,3-4,8H2. The Morgan fingerprint density at radius 1 is 1.73 bits per heavy atom. The van der Waals surface area contributed by atoms with Crippen LogP contribution in [0.1, 0.15) is 12.8 Å². The largest absolute Gasteiger partial charge is 0.395 e. The van der Waals surface area contributed by atoms with Gasteiger partial charge >= 0.3 is 12.4 Å². The first-order valence-corrected chi connectivity index (χ1v) is 3.22. The molecule has 0 aromatic rings. The van der Waals surface area contributed by atoms with Gasteiger partial charge in [0.1, 0.15) is 0 Å². The molecule has 62 valence electrons. The van der Waals surface area contributed by atoms with Crippen LogP contribution in [0.3, 0.4) is 0 Å². The quantitative estimate of drug-likeness (QED) is 0.263. The lowest BCUT2D eigenvalue weighted by atomic mass is 10.2. The maximum absolute atomic E-state index is 10.5. The predicted molar refractivity (Wildman–Crippen MR) is 39.6 cm³/mol. The molecule has 0 aromatic carbocycles. The molecule has 0 heterocycles. The zero-order valence-corrected chi connectivity index (χ0v) is 6.16. The number of carbonyl (C=O) groups is 2. The van der Waals surface area contributed by atoms with Crippen molar-refractivity contribution in [1.82, 2.24) is 0 Å². The number of rotatable bonds is 5. The Morgan fingerprint density at radius 3 is 2.82 bits per heavy atom. The normalized spacial score (nSPS) is 11.7. The molecule has 0 aliphatic heterocycles. The Bertz CT molecular complexity index is 156. The van der Waals surface area contributed by atoms with Gasteiger partial charge in [-0.25, -0.2) is 0 Å². The summed E-state index contributed by atoms with van der Waals surface area (Å²) in [6.07, 6.45) is 2.14. The number of hydrogen-bond donors (Lipinski definition) is 1. The van der Waals surface area contributed by atoms with Crippen molar-refractivity contribution in [2.75, 3.05) is 0 Å². The van der Waals surface area contributed by atoms with E-state index in [1.807, 2.05) is 0 Å². The molecule has 0 aliphatic rings. The lowest BCUT2D eigenvalue weighted by Gasteiger charge is -2.02. The minimum Gasteiger partial charge on any atom is -0.395 e. The van der Waals surface area contributed by atoms with E-state index >= 15 is 0 Å². The van der Waals surface area contributed by atoms with Crippen LogP contribution in [0.15, 0.2) is 12.7 Å². The van der Waals surface area contributed by atoms with Crippen molar-refractivity contribution in [3.63, 3.8) is 0 Å². The molecule has 11 heavy (non-hydrogen) atoms. The minimum atomic E-state index is -0.558. The van der Waals surface area contributed by atoms with Crippen molar-refractivity contribution in [1.29, 1.82) is 0 Å². The van der Waals surface area contributed by atoms with Crippen LogP contribution in [0, 0.1) is 0 Å². The van der Waals surface area contributed by atoms with Crippen molar-refractivity contribution in [2.24, 2.45) is 5.73 Å². The molecule has 0 rings (SSSR count). The van der Waals surface area contributed by atoms with Crippen LogP contribution in [0.2, 0.25) is 0 Å². The molecule has 0 radical (unpaired) electrons. The maximum Gasteiger partial charge on any atom is 0.313 e. The fraction of sp³-hybridized carbons (Fsp3) is 0.429. The van der Waals surface area contributed by atoms with E-state index in [0.717, 1.165) is 0 Å². The smallest absolute Gasteiger partial charge is 0.313 e. The molecule has 4 nitrogen and oxygen atoms in total. The lowest BCUT2D eigenvalue weighted by molar-refractivity contribution is -0.151.